The van der Waals surface area contributed by atoms with Gasteiger partial charge in [-0.15, -0.1) is 0 Å². The summed E-state index contributed by atoms with van der Waals surface area (Å²) in [4.78, 5) is 16.5. The van der Waals surface area contributed by atoms with Crippen molar-refractivity contribution in [1.29, 1.82) is 5.26 Å². The molecule has 4 aliphatic rings. The highest BCUT2D eigenvalue weighted by atomic mass is 16.5. The van der Waals surface area contributed by atoms with Gasteiger partial charge in [0.25, 0.3) is 0 Å². The molecular formula is C30H32N8O2. The molecule has 0 amide bonds. The molecule has 2 unspecified atom stereocenters. The van der Waals surface area contributed by atoms with Crippen molar-refractivity contribution in [2.24, 2.45) is 0 Å². The lowest BCUT2D eigenvalue weighted by Gasteiger charge is -2.56. The third-order valence-electron chi connectivity index (χ3n) is 8.66. The molecule has 0 radical (unpaired) electrons. The van der Waals surface area contributed by atoms with Crippen LogP contribution < -0.4 is 14.5 Å². The number of aromatic nitrogens is 4. The van der Waals surface area contributed by atoms with E-state index >= 15 is 0 Å². The third kappa shape index (κ3) is 4.31. The quantitative estimate of drug-likeness (QED) is 0.352. The highest BCUT2D eigenvalue weighted by Crippen LogP contribution is 2.37. The van der Waals surface area contributed by atoms with E-state index in [0.717, 1.165) is 67.3 Å². The highest BCUT2D eigenvalue weighted by molar-refractivity contribution is 5.86. The minimum absolute atomic E-state index is 0.229. The lowest BCUT2D eigenvalue weighted by molar-refractivity contribution is -0.00876. The zero-order chi connectivity index (χ0) is 27.2. The number of pyridine rings is 3. The van der Waals surface area contributed by atoms with E-state index in [-0.39, 0.29) is 6.10 Å². The normalized spacial score (nSPS) is 22.4. The standard InChI is InChI=1S/C30H32N8O2/c1-39-26-7-8-35(19-26)23-10-27(30-22(11-31)14-34-38(30)18-23)21-4-5-28(32-13-21)36-16-24-9-25(17-36)37(24)15-20-3-6-29(40-2)33-12-20/h3-6,10,12-14,18,24-26H,7-9,15-17,19H2,1-2H3/t24?,25?,26-/m1/s1. The number of nitrogens with zero attached hydrogens (tertiary/aromatic N) is 8. The first-order chi connectivity index (χ1) is 19.6. The van der Waals surface area contributed by atoms with Gasteiger partial charge >= 0.3 is 0 Å². The van der Waals surface area contributed by atoms with Crippen molar-refractivity contribution in [3.05, 3.63) is 66.2 Å². The highest BCUT2D eigenvalue weighted by Gasteiger charge is 2.44. The lowest BCUT2D eigenvalue weighted by atomic mass is 9.87. The Balaban J connectivity index is 1.10. The van der Waals surface area contributed by atoms with Gasteiger partial charge in [-0.05, 0) is 36.6 Å². The van der Waals surface area contributed by atoms with Crippen molar-refractivity contribution < 1.29 is 9.47 Å². The zero-order valence-electron chi connectivity index (χ0n) is 22.8. The summed E-state index contributed by atoms with van der Waals surface area (Å²) in [6.07, 6.45) is 9.94. The van der Waals surface area contributed by atoms with Gasteiger partial charge in [0.15, 0.2) is 0 Å². The second-order valence-corrected chi connectivity index (χ2v) is 10.9. The van der Waals surface area contributed by atoms with Crippen molar-refractivity contribution in [3.8, 4) is 23.1 Å². The van der Waals surface area contributed by atoms with E-state index in [9.17, 15) is 5.26 Å². The number of nitriles is 1. The van der Waals surface area contributed by atoms with Crippen molar-refractivity contribution in [1.82, 2.24) is 24.5 Å². The summed E-state index contributed by atoms with van der Waals surface area (Å²) in [7, 11) is 3.41. The summed E-state index contributed by atoms with van der Waals surface area (Å²) in [5.74, 6) is 1.64. The Kier molecular flexibility index (Phi) is 6.25. The molecule has 0 aromatic carbocycles. The minimum atomic E-state index is 0.229. The van der Waals surface area contributed by atoms with Gasteiger partial charge in [-0.2, -0.15) is 10.4 Å². The van der Waals surface area contributed by atoms with Crippen molar-refractivity contribution in [2.45, 2.75) is 37.6 Å². The number of rotatable bonds is 7. The minimum Gasteiger partial charge on any atom is -0.481 e. The molecule has 0 aliphatic carbocycles. The number of ether oxygens (including phenoxy) is 2. The molecule has 4 fully saturated rings. The number of fused-ring (bicyclic) bond motifs is 3. The zero-order valence-corrected chi connectivity index (χ0v) is 22.8. The van der Waals surface area contributed by atoms with Gasteiger partial charge < -0.3 is 19.3 Å². The molecular weight excluding hydrogens is 504 g/mol. The molecule has 10 nitrogen and oxygen atoms in total. The summed E-state index contributed by atoms with van der Waals surface area (Å²) in [6, 6.07) is 13.8. The van der Waals surface area contributed by atoms with Crippen LogP contribution in [0.1, 0.15) is 24.0 Å². The molecule has 8 heterocycles. The van der Waals surface area contributed by atoms with Gasteiger partial charge in [0, 0.05) is 81.5 Å². The summed E-state index contributed by atoms with van der Waals surface area (Å²) in [6.45, 7) is 4.60. The van der Waals surface area contributed by atoms with E-state index in [2.05, 4.69) is 55.1 Å². The monoisotopic (exact) mass is 536 g/mol. The summed E-state index contributed by atoms with van der Waals surface area (Å²) in [5.41, 5.74) is 5.60. The summed E-state index contributed by atoms with van der Waals surface area (Å²) < 4.78 is 12.6. The molecule has 8 rings (SSSR count). The fraction of sp³-hybridized carbons (Fsp3) is 0.400. The number of piperazine rings is 1. The van der Waals surface area contributed by atoms with E-state index in [0.29, 0.717) is 23.5 Å². The molecule has 0 saturated carbocycles. The molecule has 204 valence electrons. The van der Waals surface area contributed by atoms with Gasteiger partial charge in [-0.3, -0.25) is 4.90 Å². The Labute approximate surface area is 233 Å². The van der Waals surface area contributed by atoms with E-state index in [1.165, 1.54) is 12.0 Å². The molecule has 40 heavy (non-hydrogen) atoms. The van der Waals surface area contributed by atoms with Crippen molar-refractivity contribution in [2.75, 3.05) is 50.2 Å². The first kappa shape index (κ1) is 24.8. The van der Waals surface area contributed by atoms with Crippen molar-refractivity contribution >= 4 is 17.0 Å². The van der Waals surface area contributed by atoms with Gasteiger partial charge in [0.05, 0.1) is 42.4 Å². The Morgan fingerprint density at radius 3 is 2.55 bits per heavy atom. The van der Waals surface area contributed by atoms with Crippen LogP contribution in [0.5, 0.6) is 5.88 Å². The van der Waals surface area contributed by atoms with E-state index < -0.39 is 0 Å². The topological polar surface area (TPSA) is 95.1 Å². The van der Waals surface area contributed by atoms with Crippen LogP contribution in [0.15, 0.2) is 55.1 Å². The summed E-state index contributed by atoms with van der Waals surface area (Å²) >= 11 is 0. The van der Waals surface area contributed by atoms with Crippen LogP contribution in [0.2, 0.25) is 0 Å². The first-order valence-corrected chi connectivity index (χ1v) is 13.8. The maximum absolute atomic E-state index is 9.76. The van der Waals surface area contributed by atoms with Crippen LogP contribution in [0, 0.1) is 11.3 Å². The fourth-order valence-electron chi connectivity index (χ4n) is 6.44. The van der Waals surface area contributed by atoms with Crippen LogP contribution in [0.4, 0.5) is 11.5 Å². The Morgan fingerprint density at radius 2 is 1.88 bits per heavy atom. The Hall–Kier alpha value is -4.20. The predicted octanol–water partition coefficient (Wildman–Crippen LogP) is 3.36. The van der Waals surface area contributed by atoms with Crippen LogP contribution >= 0.6 is 0 Å². The lowest BCUT2D eigenvalue weighted by Crippen LogP contribution is -2.68. The first-order valence-electron chi connectivity index (χ1n) is 13.8. The van der Waals surface area contributed by atoms with Crippen LogP contribution in [-0.4, -0.2) is 83.1 Å². The molecule has 4 aromatic heterocycles. The largest absolute Gasteiger partial charge is 0.481 e. The average Bonchev–Trinajstić information content (AvgIpc) is 3.67. The SMILES string of the molecule is COc1ccc(CN2C3CC2CN(c2ccc(-c4cc(N5CC[C@@H](OC)C5)cn5ncc(C#N)c45)cn2)C3)cn1. The second kappa shape index (κ2) is 10.1. The predicted molar refractivity (Wildman–Crippen MR) is 152 cm³/mol. The molecule has 10 heteroatoms. The maximum atomic E-state index is 9.76. The number of anilines is 2. The van der Waals surface area contributed by atoms with Gasteiger partial charge in [0.2, 0.25) is 5.88 Å². The molecule has 4 saturated heterocycles. The van der Waals surface area contributed by atoms with Gasteiger partial charge in [0.1, 0.15) is 11.9 Å². The maximum Gasteiger partial charge on any atom is 0.212 e. The van der Waals surface area contributed by atoms with Gasteiger partial charge in [-0.25, -0.2) is 14.5 Å². The van der Waals surface area contributed by atoms with Crippen molar-refractivity contribution in [3.63, 3.8) is 0 Å². The number of methoxy groups -OCH3 is 2. The molecule has 0 spiro atoms. The fourth-order valence-corrected chi connectivity index (χ4v) is 6.44. The Morgan fingerprint density at radius 1 is 1.00 bits per heavy atom. The van der Waals surface area contributed by atoms with Crippen LogP contribution in [0.3, 0.4) is 0 Å². The summed E-state index contributed by atoms with van der Waals surface area (Å²) in [5, 5.41) is 14.2. The Bertz CT molecular complexity index is 1550. The molecule has 4 aliphatic heterocycles. The molecule has 3 atom stereocenters. The average molecular weight is 537 g/mol. The van der Waals surface area contributed by atoms with E-state index in [1.54, 1.807) is 20.4 Å². The number of hydrogen-bond acceptors (Lipinski definition) is 9. The third-order valence-corrected chi connectivity index (χ3v) is 8.66. The van der Waals surface area contributed by atoms with E-state index in [4.69, 9.17) is 14.5 Å². The van der Waals surface area contributed by atoms with Gasteiger partial charge in [-0.1, -0.05) is 6.07 Å². The molecule has 2 bridgehead atoms. The van der Waals surface area contributed by atoms with E-state index in [1.807, 2.05) is 29.2 Å². The number of hydrogen-bond donors (Lipinski definition) is 0. The number of piperidine rings is 1. The molecule has 0 N–H and O–H groups in total. The smallest absolute Gasteiger partial charge is 0.212 e. The van der Waals surface area contributed by atoms with Crippen LogP contribution in [-0.2, 0) is 11.3 Å². The van der Waals surface area contributed by atoms with Crippen LogP contribution in [0.25, 0.3) is 16.6 Å². The molecule has 4 aromatic rings. The second-order valence-electron chi connectivity index (χ2n) is 10.9.